The van der Waals surface area contributed by atoms with Gasteiger partial charge in [-0.15, -0.1) is 11.3 Å². The third-order valence-electron chi connectivity index (χ3n) is 3.90. The van der Waals surface area contributed by atoms with E-state index >= 15 is 0 Å². The van der Waals surface area contributed by atoms with E-state index in [9.17, 15) is 0 Å². The van der Waals surface area contributed by atoms with Crippen LogP contribution in [0.5, 0.6) is 0 Å². The summed E-state index contributed by atoms with van der Waals surface area (Å²) in [5.74, 6) is 1.03. The lowest BCUT2D eigenvalue weighted by atomic mass is 9.98. The Morgan fingerprint density at radius 3 is 2.95 bits per heavy atom. The van der Waals surface area contributed by atoms with Gasteiger partial charge in [0.05, 0.1) is 0 Å². The smallest absolute Gasteiger partial charge is 0.138 e. The van der Waals surface area contributed by atoms with Crippen molar-refractivity contribution in [2.45, 2.75) is 38.1 Å². The van der Waals surface area contributed by atoms with Crippen LogP contribution in [-0.2, 0) is 26.3 Å². The summed E-state index contributed by atoms with van der Waals surface area (Å²) in [4.78, 5) is 7.37. The van der Waals surface area contributed by atoms with Gasteiger partial charge in [0, 0.05) is 29.3 Å². The molecule has 2 heterocycles. The fraction of sp³-hybridized carbons (Fsp3) is 0.571. The van der Waals surface area contributed by atoms with E-state index in [1.54, 1.807) is 16.8 Å². The molecular weight excluding hydrogens is 256 g/mol. The molecule has 0 amide bonds. The van der Waals surface area contributed by atoms with Gasteiger partial charge in [-0.25, -0.2) is 4.98 Å². The summed E-state index contributed by atoms with van der Waals surface area (Å²) in [5, 5.41) is 7.57. The van der Waals surface area contributed by atoms with Gasteiger partial charge >= 0.3 is 0 Å². The van der Waals surface area contributed by atoms with Crippen LogP contribution in [0, 0.1) is 0 Å². The molecule has 0 aromatic carbocycles. The number of aromatic nitrogens is 3. The van der Waals surface area contributed by atoms with Crippen LogP contribution in [0.1, 0.15) is 40.0 Å². The molecule has 5 heteroatoms. The Balaban J connectivity index is 1.82. The molecule has 19 heavy (non-hydrogen) atoms. The van der Waals surface area contributed by atoms with Gasteiger partial charge in [-0.1, -0.05) is 0 Å². The standard InChI is InChI=1S/C14H20N4S/c1-15-11(8-14-16-9-17-18(14)2)13-7-10-5-3-4-6-12(10)19-13/h7,9,11,15H,3-6,8H2,1-2H3. The van der Waals surface area contributed by atoms with E-state index in [1.807, 2.05) is 30.1 Å². The molecule has 0 saturated heterocycles. The minimum absolute atomic E-state index is 0.346. The Morgan fingerprint density at radius 1 is 1.42 bits per heavy atom. The summed E-state index contributed by atoms with van der Waals surface area (Å²) in [6.07, 6.45) is 7.73. The monoisotopic (exact) mass is 276 g/mol. The molecule has 4 nitrogen and oxygen atoms in total. The molecule has 102 valence electrons. The SMILES string of the molecule is CNC(Cc1ncnn1C)c1cc2c(s1)CCCC2. The van der Waals surface area contributed by atoms with Crippen LogP contribution >= 0.6 is 11.3 Å². The third kappa shape index (κ3) is 2.58. The second kappa shape index (κ2) is 5.43. The summed E-state index contributed by atoms with van der Waals surface area (Å²) in [6, 6.07) is 2.75. The van der Waals surface area contributed by atoms with Crippen molar-refractivity contribution in [1.29, 1.82) is 0 Å². The predicted molar refractivity (Wildman–Crippen MR) is 77.5 cm³/mol. The van der Waals surface area contributed by atoms with Crippen molar-refractivity contribution in [1.82, 2.24) is 20.1 Å². The zero-order valence-electron chi connectivity index (χ0n) is 11.5. The van der Waals surface area contributed by atoms with Crippen molar-refractivity contribution in [3.05, 3.63) is 33.5 Å². The van der Waals surface area contributed by atoms with Gasteiger partial charge < -0.3 is 5.32 Å². The Kier molecular flexibility index (Phi) is 3.66. The topological polar surface area (TPSA) is 42.7 Å². The van der Waals surface area contributed by atoms with E-state index in [1.165, 1.54) is 30.6 Å². The highest BCUT2D eigenvalue weighted by molar-refractivity contribution is 7.12. The van der Waals surface area contributed by atoms with Crippen molar-refractivity contribution < 1.29 is 0 Å². The molecule has 0 spiro atoms. The minimum atomic E-state index is 0.346. The molecule has 0 saturated carbocycles. The zero-order valence-corrected chi connectivity index (χ0v) is 12.3. The van der Waals surface area contributed by atoms with Crippen molar-refractivity contribution in [2.24, 2.45) is 7.05 Å². The molecule has 0 fully saturated rings. The number of aryl methyl sites for hydroxylation is 3. The first-order chi connectivity index (χ1) is 9.28. The number of rotatable bonds is 4. The van der Waals surface area contributed by atoms with Crippen molar-refractivity contribution in [3.8, 4) is 0 Å². The van der Waals surface area contributed by atoms with Gasteiger partial charge in [0.2, 0.25) is 0 Å². The maximum atomic E-state index is 4.33. The molecule has 1 atom stereocenters. The van der Waals surface area contributed by atoms with E-state index < -0.39 is 0 Å². The van der Waals surface area contributed by atoms with E-state index in [0.717, 1.165) is 12.2 Å². The van der Waals surface area contributed by atoms with Crippen LogP contribution < -0.4 is 5.32 Å². The molecule has 0 radical (unpaired) electrons. The van der Waals surface area contributed by atoms with Gasteiger partial charge in [0.1, 0.15) is 12.2 Å². The number of nitrogens with zero attached hydrogens (tertiary/aromatic N) is 3. The highest BCUT2D eigenvalue weighted by atomic mass is 32.1. The van der Waals surface area contributed by atoms with Crippen LogP contribution in [-0.4, -0.2) is 21.8 Å². The maximum absolute atomic E-state index is 4.33. The van der Waals surface area contributed by atoms with Crippen LogP contribution in [0.25, 0.3) is 0 Å². The van der Waals surface area contributed by atoms with Crippen LogP contribution in [0.15, 0.2) is 12.4 Å². The van der Waals surface area contributed by atoms with Crippen LogP contribution in [0.3, 0.4) is 0 Å². The number of hydrogen-bond donors (Lipinski definition) is 1. The van der Waals surface area contributed by atoms with E-state index in [0.29, 0.717) is 6.04 Å². The highest BCUT2D eigenvalue weighted by Crippen LogP contribution is 2.33. The normalized spacial score (nSPS) is 16.3. The first kappa shape index (κ1) is 12.8. The lowest BCUT2D eigenvalue weighted by molar-refractivity contribution is 0.560. The van der Waals surface area contributed by atoms with E-state index in [2.05, 4.69) is 21.5 Å². The molecule has 2 aromatic heterocycles. The molecule has 1 unspecified atom stereocenters. The summed E-state index contributed by atoms with van der Waals surface area (Å²) < 4.78 is 1.86. The Morgan fingerprint density at radius 2 is 2.26 bits per heavy atom. The zero-order chi connectivity index (χ0) is 13.2. The molecule has 0 bridgehead atoms. The van der Waals surface area contributed by atoms with Gasteiger partial charge in [-0.05, 0) is 44.4 Å². The highest BCUT2D eigenvalue weighted by Gasteiger charge is 2.19. The largest absolute Gasteiger partial charge is 0.312 e. The summed E-state index contributed by atoms with van der Waals surface area (Å²) in [5.41, 5.74) is 1.57. The van der Waals surface area contributed by atoms with Crippen molar-refractivity contribution in [2.75, 3.05) is 7.05 Å². The number of hydrogen-bond acceptors (Lipinski definition) is 4. The average molecular weight is 276 g/mol. The molecule has 0 aliphatic heterocycles. The number of thiophene rings is 1. The Labute approximate surface area is 117 Å². The summed E-state index contributed by atoms with van der Waals surface area (Å²) in [6.45, 7) is 0. The molecule has 1 N–H and O–H groups in total. The minimum Gasteiger partial charge on any atom is -0.312 e. The van der Waals surface area contributed by atoms with E-state index in [4.69, 9.17) is 0 Å². The predicted octanol–water partition coefficient (Wildman–Crippen LogP) is 2.26. The Hall–Kier alpha value is -1.20. The first-order valence-corrected chi connectivity index (χ1v) is 7.71. The average Bonchev–Trinajstić information content (AvgIpc) is 3.02. The number of nitrogens with one attached hydrogen (secondary N) is 1. The lowest BCUT2D eigenvalue weighted by Gasteiger charge is -2.13. The van der Waals surface area contributed by atoms with Crippen LogP contribution in [0.2, 0.25) is 0 Å². The second-order valence-electron chi connectivity index (χ2n) is 5.15. The van der Waals surface area contributed by atoms with Gasteiger partial charge in [-0.3, -0.25) is 4.68 Å². The number of fused-ring (bicyclic) bond motifs is 1. The van der Waals surface area contributed by atoms with E-state index in [-0.39, 0.29) is 0 Å². The first-order valence-electron chi connectivity index (χ1n) is 6.89. The quantitative estimate of drug-likeness (QED) is 0.931. The molecule has 1 aliphatic carbocycles. The Bertz CT molecular complexity index is 534. The molecule has 1 aliphatic rings. The fourth-order valence-electron chi connectivity index (χ4n) is 2.72. The third-order valence-corrected chi connectivity index (χ3v) is 5.25. The van der Waals surface area contributed by atoms with Crippen molar-refractivity contribution >= 4 is 11.3 Å². The molecular formula is C14H20N4S. The van der Waals surface area contributed by atoms with Gasteiger partial charge in [0.15, 0.2) is 0 Å². The summed E-state index contributed by atoms with van der Waals surface area (Å²) >= 11 is 1.98. The van der Waals surface area contributed by atoms with Crippen LogP contribution in [0.4, 0.5) is 0 Å². The van der Waals surface area contributed by atoms with Gasteiger partial charge in [0.25, 0.3) is 0 Å². The molecule has 3 rings (SSSR count). The maximum Gasteiger partial charge on any atom is 0.138 e. The lowest BCUT2D eigenvalue weighted by Crippen LogP contribution is -2.19. The molecule has 2 aromatic rings. The fourth-order valence-corrected chi connectivity index (χ4v) is 4.09. The van der Waals surface area contributed by atoms with Gasteiger partial charge in [-0.2, -0.15) is 5.10 Å². The summed E-state index contributed by atoms with van der Waals surface area (Å²) in [7, 11) is 3.98. The number of likely N-dealkylation sites (N-methyl/N-ethyl adjacent to an activating group) is 1. The second-order valence-corrected chi connectivity index (χ2v) is 6.32. The van der Waals surface area contributed by atoms with Crippen molar-refractivity contribution in [3.63, 3.8) is 0 Å².